The Morgan fingerprint density at radius 3 is 2.22 bits per heavy atom. The predicted molar refractivity (Wildman–Crippen MR) is 73.1 cm³/mol. The largest absolute Gasteiger partial charge is 0.481 e. The Morgan fingerprint density at radius 1 is 1.11 bits per heavy atom. The van der Waals surface area contributed by atoms with E-state index in [1.165, 1.54) is 17.5 Å². The van der Waals surface area contributed by atoms with Gasteiger partial charge in [-0.2, -0.15) is 0 Å². The highest BCUT2D eigenvalue weighted by atomic mass is 16.4. The van der Waals surface area contributed by atoms with Gasteiger partial charge in [0.25, 0.3) is 0 Å². The van der Waals surface area contributed by atoms with Crippen LogP contribution in [0.1, 0.15) is 57.2 Å². The lowest BCUT2D eigenvalue weighted by Gasteiger charge is -2.42. The van der Waals surface area contributed by atoms with E-state index < -0.39 is 5.97 Å². The number of carbonyl (C=O) groups is 1. The first-order valence-electron chi connectivity index (χ1n) is 6.58. The molecule has 0 radical (unpaired) electrons. The van der Waals surface area contributed by atoms with Crippen molar-refractivity contribution >= 4 is 5.97 Å². The molecule has 2 nitrogen and oxygen atoms in total. The minimum atomic E-state index is -0.761. The number of rotatable bonds is 2. The van der Waals surface area contributed by atoms with Crippen molar-refractivity contribution < 1.29 is 9.90 Å². The molecule has 0 unspecified atom stereocenters. The molecule has 98 valence electrons. The molecule has 0 heterocycles. The van der Waals surface area contributed by atoms with E-state index in [1.54, 1.807) is 0 Å². The normalized spacial score (nSPS) is 20.2. The van der Waals surface area contributed by atoms with Crippen LogP contribution in [0.3, 0.4) is 0 Å². The SMILES string of the molecule is CC1(C)CCC(C)(C)c2cc(CC(=O)O)ccc21. The third-order valence-corrected chi connectivity index (χ3v) is 4.27. The third-order valence-electron chi connectivity index (χ3n) is 4.27. The van der Waals surface area contributed by atoms with Crippen LogP contribution in [-0.4, -0.2) is 11.1 Å². The number of fused-ring (bicyclic) bond motifs is 1. The highest BCUT2D eigenvalue weighted by Gasteiger charge is 2.36. The summed E-state index contributed by atoms with van der Waals surface area (Å²) in [6, 6.07) is 6.20. The molecule has 0 spiro atoms. The lowest BCUT2D eigenvalue weighted by Crippen LogP contribution is -2.33. The van der Waals surface area contributed by atoms with E-state index >= 15 is 0 Å². The summed E-state index contributed by atoms with van der Waals surface area (Å²) in [5, 5.41) is 8.90. The Bertz CT molecular complexity index is 484. The standard InChI is InChI=1S/C16H22O2/c1-15(2)7-8-16(3,4)13-9-11(10-14(17)18)5-6-12(13)15/h5-6,9H,7-8,10H2,1-4H3,(H,17,18). The van der Waals surface area contributed by atoms with Gasteiger partial charge in [0.2, 0.25) is 0 Å². The lowest BCUT2D eigenvalue weighted by molar-refractivity contribution is -0.136. The maximum Gasteiger partial charge on any atom is 0.307 e. The van der Waals surface area contributed by atoms with Crippen molar-refractivity contribution in [1.82, 2.24) is 0 Å². The first kappa shape index (κ1) is 13.1. The zero-order valence-corrected chi connectivity index (χ0v) is 11.7. The molecule has 1 aliphatic rings. The topological polar surface area (TPSA) is 37.3 Å². The van der Waals surface area contributed by atoms with Gasteiger partial charge >= 0.3 is 5.97 Å². The van der Waals surface area contributed by atoms with Crippen molar-refractivity contribution in [2.45, 2.75) is 57.8 Å². The minimum Gasteiger partial charge on any atom is -0.481 e. The maximum atomic E-state index is 10.8. The fourth-order valence-electron chi connectivity index (χ4n) is 2.92. The number of carboxylic acid groups (broad SMARTS) is 1. The van der Waals surface area contributed by atoms with Crippen molar-refractivity contribution in [3.8, 4) is 0 Å². The molecule has 0 fully saturated rings. The Morgan fingerprint density at radius 2 is 1.67 bits per heavy atom. The van der Waals surface area contributed by atoms with E-state index in [4.69, 9.17) is 5.11 Å². The van der Waals surface area contributed by atoms with Crippen molar-refractivity contribution in [3.63, 3.8) is 0 Å². The van der Waals surface area contributed by atoms with E-state index in [9.17, 15) is 4.79 Å². The first-order valence-corrected chi connectivity index (χ1v) is 6.58. The zero-order chi connectivity index (χ0) is 13.6. The molecule has 0 aliphatic heterocycles. The Labute approximate surface area is 109 Å². The summed E-state index contributed by atoms with van der Waals surface area (Å²) in [7, 11) is 0. The molecule has 1 aliphatic carbocycles. The maximum absolute atomic E-state index is 10.8. The summed E-state index contributed by atoms with van der Waals surface area (Å²) in [4.78, 5) is 10.8. The summed E-state index contributed by atoms with van der Waals surface area (Å²) in [6.07, 6.45) is 2.46. The van der Waals surface area contributed by atoms with Crippen LogP contribution in [0.15, 0.2) is 18.2 Å². The summed E-state index contributed by atoms with van der Waals surface area (Å²) >= 11 is 0. The van der Waals surface area contributed by atoms with E-state index in [1.807, 2.05) is 6.07 Å². The second-order valence-electron chi connectivity index (χ2n) is 6.72. The molecule has 1 N–H and O–H groups in total. The monoisotopic (exact) mass is 246 g/mol. The molecule has 0 atom stereocenters. The van der Waals surface area contributed by atoms with Crippen LogP contribution in [0.25, 0.3) is 0 Å². The quantitative estimate of drug-likeness (QED) is 0.864. The average Bonchev–Trinajstić information content (AvgIpc) is 2.24. The van der Waals surface area contributed by atoms with Gasteiger partial charge in [-0.15, -0.1) is 0 Å². The highest BCUT2D eigenvalue weighted by molar-refractivity contribution is 5.70. The first-order chi connectivity index (χ1) is 8.22. The molecule has 0 aromatic heterocycles. The number of aliphatic carboxylic acids is 1. The third kappa shape index (κ3) is 2.29. The summed E-state index contributed by atoms with van der Waals surface area (Å²) in [5.74, 6) is -0.761. The van der Waals surface area contributed by atoms with Crippen molar-refractivity contribution in [3.05, 3.63) is 34.9 Å². The molecular weight excluding hydrogens is 224 g/mol. The van der Waals surface area contributed by atoms with Crippen molar-refractivity contribution in [1.29, 1.82) is 0 Å². The highest BCUT2D eigenvalue weighted by Crippen LogP contribution is 2.45. The molecule has 0 saturated carbocycles. The van der Waals surface area contributed by atoms with E-state index in [2.05, 4.69) is 39.8 Å². The summed E-state index contributed by atoms with van der Waals surface area (Å²) in [5.41, 5.74) is 3.98. The fourth-order valence-corrected chi connectivity index (χ4v) is 2.92. The van der Waals surface area contributed by atoms with Gasteiger partial charge in [-0.05, 0) is 40.4 Å². The van der Waals surface area contributed by atoms with Gasteiger partial charge in [0.1, 0.15) is 0 Å². The smallest absolute Gasteiger partial charge is 0.307 e. The van der Waals surface area contributed by atoms with Gasteiger partial charge in [-0.3, -0.25) is 4.79 Å². The van der Waals surface area contributed by atoms with Crippen molar-refractivity contribution in [2.24, 2.45) is 0 Å². The minimum absolute atomic E-state index is 0.115. The van der Waals surface area contributed by atoms with Crippen LogP contribution in [0.4, 0.5) is 0 Å². The molecule has 1 aromatic carbocycles. The summed E-state index contributed by atoms with van der Waals surface area (Å²) < 4.78 is 0. The molecule has 0 saturated heterocycles. The number of hydrogen-bond acceptors (Lipinski definition) is 1. The van der Waals surface area contributed by atoms with Crippen LogP contribution in [-0.2, 0) is 22.0 Å². The van der Waals surface area contributed by atoms with Gasteiger partial charge in [0.05, 0.1) is 6.42 Å². The molecule has 2 rings (SSSR count). The Hall–Kier alpha value is -1.31. The fraction of sp³-hybridized carbons (Fsp3) is 0.562. The number of benzene rings is 1. The van der Waals surface area contributed by atoms with E-state index in [-0.39, 0.29) is 17.3 Å². The van der Waals surface area contributed by atoms with Crippen LogP contribution in [0.5, 0.6) is 0 Å². The van der Waals surface area contributed by atoms with Gasteiger partial charge in [0.15, 0.2) is 0 Å². The van der Waals surface area contributed by atoms with Crippen LogP contribution in [0.2, 0.25) is 0 Å². The molecule has 18 heavy (non-hydrogen) atoms. The van der Waals surface area contributed by atoms with Crippen LogP contribution in [0, 0.1) is 0 Å². The average molecular weight is 246 g/mol. The molecule has 2 heteroatoms. The number of hydrogen-bond donors (Lipinski definition) is 1. The van der Waals surface area contributed by atoms with Gasteiger partial charge in [-0.25, -0.2) is 0 Å². The van der Waals surface area contributed by atoms with Gasteiger partial charge < -0.3 is 5.11 Å². The molecular formula is C16H22O2. The predicted octanol–water partition coefficient (Wildman–Crippen LogP) is 3.66. The van der Waals surface area contributed by atoms with Crippen LogP contribution >= 0.6 is 0 Å². The molecule has 1 aromatic rings. The van der Waals surface area contributed by atoms with Crippen LogP contribution < -0.4 is 0 Å². The number of carboxylic acids is 1. The molecule has 0 amide bonds. The van der Waals surface area contributed by atoms with Gasteiger partial charge in [-0.1, -0.05) is 45.9 Å². The van der Waals surface area contributed by atoms with E-state index in [0.29, 0.717) is 0 Å². The second kappa shape index (κ2) is 4.11. The van der Waals surface area contributed by atoms with Gasteiger partial charge in [0, 0.05) is 0 Å². The lowest BCUT2D eigenvalue weighted by atomic mass is 9.63. The Kier molecular flexibility index (Phi) is 3.00. The second-order valence-corrected chi connectivity index (χ2v) is 6.72. The zero-order valence-electron chi connectivity index (χ0n) is 11.7. The summed E-state index contributed by atoms with van der Waals surface area (Å²) in [6.45, 7) is 9.06. The van der Waals surface area contributed by atoms with E-state index in [0.717, 1.165) is 12.0 Å². The Balaban J connectivity index is 2.51. The van der Waals surface area contributed by atoms with Crippen molar-refractivity contribution in [2.75, 3.05) is 0 Å². The molecule has 0 bridgehead atoms.